The second-order valence-electron chi connectivity index (χ2n) is 4.91. The minimum Gasteiger partial charge on any atom is -0.339 e. The molecule has 0 bridgehead atoms. The molecule has 1 aliphatic rings. The van der Waals surface area contributed by atoms with Gasteiger partial charge in [-0.25, -0.2) is 0 Å². The highest BCUT2D eigenvalue weighted by molar-refractivity contribution is 9.10. The molecule has 1 aliphatic heterocycles. The molecule has 5 heteroatoms. The molecular formula is C14H20BrClN2O. The number of nitrogens with zero attached hydrogens (tertiary/aromatic N) is 1. The third-order valence-corrected chi connectivity index (χ3v) is 3.95. The van der Waals surface area contributed by atoms with Crippen molar-refractivity contribution in [2.24, 2.45) is 0 Å². The summed E-state index contributed by atoms with van der Waals surface area (Å²) in [4.78, 5) is 14.4. The number of rotatable bonds is 2. The van der Waals surface area contributed by atoms with Crippen molar-refractivity contribution in [2.45, 2.75) is 25.8 Å². The Labute approximate surface area is 129 Å². The lowest BCUT2D eigenvalue weighted by Crippen LogP contribution is -2.52. The average molecular weight is 348 g/mol. The molecular weight excluding hydrogens is 328 g/mol. The molecule has 1 fully saturated rings. The molecule has 2 atom stereocenters. The van der Waals surface area contributed by atoms with Gasteiger partial charge in [-0.15, -0.1) is 12.4 Å². The molecule has 0 saturated carbocycles. The van der Waals surface area contributed by atoms with E-state index in [0.29, 0.717) is 6.04 Å². The summed E-state index contributed by atoms with van der Waals surface area (Å²) in [6.07, 6.45) is 0. The highest BCUT2D eigenvalue weighted by Crippen LogP contribution is 2.21. The molecule has 1 saturated heterocycles. The van der Waals surface area contributed by atoms with Crippen molar-refractivity contribution in [1.29, 1.82) is 0 Å². The van der Waals surface area contributed by atoms with Gasteiger partial charge in [0.2, 0.25) is 5.91 Å². The van der Waals surface area contributed by atoms with Crippen molar-refractivity contribution in [3.05, 3.63) is 34.3 Å². The molecule has 0 aromatic heterocycles. The Hall–Kier alpha value is -0.580. The molecule has 1 unspecified atom stereocenters. The van der Waals surface area contributed by atoms with Crippen LogP contribution in [0.3, 0.4) is 0 Å². The van der Waals surface area contributed by atoms with E-state index in [1.807, 2.05) is 36.1 Å². The molecule has 0 radical (unpaired) electrons. The van der Waals surface area contributed by atoms with Gasteiger partial charge < -0.3 is 10.2 Å². The zero-order valence-corrected chi connectivity index (χ0v) is 13.6. The Morgan fingerprint density at radius 1 is 1.42 bits per heavy atom. The van der Waals surface area contributed by atoms with E-state index in [1.54, 1.807) is 0 Å². The first-order valence-electron chi connectivity index (χ1n) is 6.35. The third kappa shape index (κ3) is 4.20. The molecule has 19 heavy (non-hydrogen) atoms. The van der Waals surface area contributed by atoms with Crippen molar-refractivity contribution in [3.63, 3.8) is 0 Å². The van der Waals surface area contributed by atoms with E-state index in [-0.39, 0.29) is 24.2 Å². The van der Waals surface area contributed by atoms with Crippen LogP contribution in [0.1, 0.15) is 25.3 Å². The van der Waals surface area contributed by atoms with Crippen molar-refractivity contribution in [1.82, 2.24) is 10.2 Å². The summed E-state index contributed by atoms with van der Waals surface area (Å²) >= 11 is 3.41. The maximum Gasteiger partial charge on any atom is 0.229 e. The number of nitrogens with one attached hydrogen (secondary N) is 1. The Bertz CT molecular complexity index is 424. The maximum absolute atomic E-state index is 12.4. The maximum atomic E-state index is 12.4. The van der Waals surface area contributed by atoms with Crippen LogP contribution in [0.5, 0.6) is 0 Å². The van der Waals surface area contributed by atoms with Crippen LogP contribution in [0.25, 0.3) is 0 Å². The Morgan fingerprint density at radius 2 is 2.05 bits per heavy atom. The van der Waals surface area contributed by atoms with E-state index in [2.05, 4.69) is 28.2 Å². The highest BCUT2D eigenvalue weighted by atomic mass is 79.9. The Morgan fingerprint density at radius 3 is 2.63 bits per heavy atom. The summed E-state index contributed by atoms with van der Waals surface area (Å²) in [5.74, 6) is 0.161. The van der Waals surface area contributed by atoms with Gasteiger partial charge in [0.15, 0.2) is 0 Å². The minimum absolute atomic E-state index is 0. The molecule has 2 rings (SSSR count). The fourth-order valence-electron chi connectivity index (χ4n) is 2.30. The van der Waals surface area contributed by atoms with Gasteiger partial charge >= 0.3 is 0 Å². The fraction of sp³-hybridized carbons (Fsp3) is 0.500. The number of hydrogen-bond acceptors (Lipinski definition) is 2. The zero-order chi connectivity index (χ0) is 13.1. The second kappa shape index (κ2) is 7.27. The molecule has 106 valence electrons. The molecule has 1 heterocycles. The Kier molecular flexibility index (Phi) is 6.30. The molecule has 3 nitrogen and oxygen atoms in total. The first kappa shape index (κ1) is 16.5. The second-order valence-corrected chi connectivity index (χ2v) is 5.83. The SMILES string of the molecule is CC(C(=O)N1CCN[C@H](C)C1)c1ccc(Br)cc1.Cl. The van der Waals surface area contributed by atoms with E-state index in [4.69, 9.17) is 0 Å². The van der Waals surface area contributed by atoms with Crippen LogP contribution in [-0.2, 0) is 4.79 Å². The van der Waals surface area contributed by atoms with Gasteiger partial charge in [-0.3, -0.25) is 4.79 Å². The molecule has 1 aromatic carbocycles. The third-order valence-electron chi connectivity index (χ3n) is 3.42. The summed E-state index contributed by atoms with van der Waals surface area (Å²) in [7, 11) is 0. The average Bonchev–Trinajstić information content (AvgIpc) is 2.38. The van der Waals surface area contributed by atoms with Gasteiger partial charge in [-0.05, 0) is 31.5 Å². The number of piperazine rings is 1. The van der Waals surface area contributed by atoms with Gasteiger partial charge in [0.25, 0.3) is 0 Å². The lowest BCUT2D eigenvalue weighted by Gasteiger charge is -2.33. The van der Waals surface area contributed by atoms with E-state index in [0.717, 1.165) is 29.7 Å². The fourth-order valence-corrected chi connectivity index (χ4v) is 2.56. The first-order chi connectivity index (χ1) is 8.58. The van der Waals surface area contributed by atoms with Crippen molar-refractivity contribution < 1.29 is 4.79 Å². The number of amides is 1. The first-order valence-corrected chi connectivity index (χ1v) is 7.15. The van der Waals surface area contributed by atoms with Crippen LogP contribution >= 0.6 is 28.3 Å². The van der Waals surface area contributed by atoms with Crippen molar-refractivity contribution >= 4 is 34.2 Å². The Balaban J connectivity index is 0.00000180. The largest absolute Gasteiger partial charge is 0.339 e. The number of hydrogen-bond donors (Lipinski definition) is 1. The monoisotopic (exact) mass is 346 g/mol. The van der Waals surface area contributed by atoms with Gasteiger partial charge in [0, 0.05) is 30.1 Å². The topological polar surface area (TPSA) is 32.3 Å². The number of carbonyl (C=O) groups excluding carboxylic acids is 1. The lowest BCUT2D eigenvalue weighted by atomic mass is 9.99. The summed E-state index contributed by atoms with van der Waals surface area (Å²) in [5.41, 5.74) is 1.08. The molecule has 0 spiro atoms. The standard InChI is InChI=1S/C14H19BrN2O.ClH/c1-10-9-17(8-7-16-10)14(18)11(2)12-3-5-13(15)6-4-12;/h3-6,10-11,16H,7-9H2,1-2H3;1H/t10-,11?;/m1./s1. The summed E-state index contributed by atoms with van der Waals surface area (Å²) in [5, 5.41) is 3.35. The zero-order valence-electron chi connectivity index (χ0n) is 11.2. The summed E-state index contributed by atoms with van der Waals surface area (Å²) in [6, 6.07) is 8.38. The van der Waals surface area contributed by atoms with E-state index < -0.39 is 0 Å². The van der Waals surface area contributed by atoms with Gasteiger partial charge in [0.1, 0.15) is 0 Å². The predicted octanol–water partition coefficient (Wildman–Crippen LogP) is 2.79. The van der Waals surface area contributed by atoms with Gasteiger partial charge in [0.05, 0.1) is 5.92 Å². The summed E-state index contributed by atoms with van der Waals surface area (Å²) < 4.78 is 1.04. The molecule has 1 amide bonds. The lowest BCUT2D eigenvalue weighted by molar-refractivity contribution is -0.133. The van der Waals surface area contributed by atoms with E-state index in [1.165, 1.54) is 0 Å². The van der Waals surface area contributed by atoms with E-state index in [9.17, 15) is 4.79 Å². The van der Waals surface area contributed by atoms with Crippen molar-refractivity contribution in [2.75, 3.05) is 19.6 Å². The molecule has 0 aliphatic carbocycles. The number of carbonyl (C=O) groups is 1. The summed E-state index contributed by atoms with van der Waals surface area (Å²) in [6.45, 7) is 6.60. The van der Waals surface area contributed by atoms with Crippen molar-refractivity contribution in [3.8, 4) is 0 Å². The molecule has 1 N–H and O–H groups in total. The van der Waals surface area contributed by atoms with Crippen LogP contribution < -0.4 is 5.32 Å². The van der Waals surface area contributed by atoms with Gasteiger partial charge in [-0.2, -0.15) is 0 Å². The molecule has 1 aromatic rings. The highest BCUT2D eigenvalue weighted by Gasteiger charge is 2.25. The van der Waals surface area contributed by atoms with Crippen LogP contribution in [0.15, 0.2) is 28.7 Å². The quantitative estimate of drug-likeness (QED) is 0.892. The van der Waals surface area contributed by atoms with E-state index >= 15 is 0 Å². The number of benzene rings is 1. The van der Waals surface area contributed by atoms with Crippen LogP contribution in [0.2, 0.25) is 0 Å². The minimum atomic E-state index is -0.0663. The van der Waals surface area contributed by atoms with Crippen LogP contribution in [-0.4, -0.2) is 36.5 Å². The van der Waals surface area contributed by atoms with Gasteiger partial charge in [-0.1, -0.05) is 28.1 Å². The normalized spacial score (nSPS) is 20.6. The van der Waals surface area contributed by atoms with Crippen LogP contribution in [0.4, 0.5) is 0 Å². The predicted molar refractivity (Wildman–Crippen MR) is 83.8 cm³/mol. The smallest absolute Gasteiger partial charge is 0.229 e. The van der Waals surface area contributed by atoms with Crippen LogP contribution in [0, 0.1) is 0 Å². The number of halogens is 2.